The van der Waals surface area contributed by atoms with Gasteiger partial charge < -0.3 is 10.2 Å². The number of halogens is 1. The summed E-state index contributed by atoms with van der Waals surface area (Å²) < 4.78 is 0. The van der Waals surface area contributed by atoms with Gasteiger partial charge in [-0.2, -0.15) is 0 Å². The summed E-state index contributed by atoms with van der Waals surface area (Å²) in [5, 5.41) is 3.16. The molecular weight excluding hydrogens is 266 g/mol. The quantitative estimate of drug-likeness (QED) is 0.835. The number of pyridine rings is 1. The second kappa shape index (κ2) is 6.02. The van der Waals surface area contributed by atoms with Gasteiger partial charge >= 0.3 is 0 Å². The summed E-state index contributed by atoms with van der Waals surface area (Å²) in [4.78, 5) is 29.1. The van der Waals surface area contributed by atoms with Crippen molar-refractivity contribution in [1.29, 1.82) is 0 Å². The minimum absolute atomic E-state index is 0.0226. The molecule has 0 aliphatic carbocycles. The lowest BCUT2D eigenvalue weighted by molar-refractivity contribution is -0.120. The monoisotopic (exact) mass is 281 g/mol. The van der Waals surface area contributed by atoms with E-state index in [1.54, 1.807) is 23.1 Å². The first-order chi connectivity index (χ1) is 9.06. The maximum absolute atomic E-state index is 12.3. The van der Waals surface area contributed by atoms with Gasteiger partial charge in [-0.25, -0.2) is 4.98 Å². The van der Waals surface area contributed by atoms with Crippen LogP contribution in [-0.4, -0.2) is 40.8 Å². The highest BCUT2D eigenvalue weighted by Crippen LogP contribution is 2.14. The first-order valence-corrected chi connectivity index (χ1v) is 6.63. The summed E-state index contributed by atoms with van der Waals surface area (Å²) in [6.07, 6.45) is 1.77. The number of amides is 2. The maximum Gasteiger partial charge on any atom is 0.272 e. The highest BCUT2D eigenvalue weighted by molar-refractivity contribution is 6.29. The van der Waals surface area contributed by atoms with Crippen LogP contribution >= 0.6 is 11.6 Å². The van der Waals surface area contributed by atoms with Gasteiger partial charge in [0.05, 0.1) is 0 Å². The van der Waals surface area contributed by atoms with Crippen molar-refractivity contribution in [2.24, 2.45) is 0 Å². The van der Waals surface area contributed by atoms with Crippen molar-refractivity contribution in [2.45, 2.75) is 25.8 Å². The Labute approximate surface area is 117 Å². The molecule has 2 rings (SSSR count). The zero-order chi connectivity index (χ0) is 13.8. The Morgan fingerprint density at radius 3 is 2.95 bits per heavy atom. The third kappa shape index (κ3) is 3.67. The van der Waals surface area contributed by atoms with E-state index in [1.165, 1.54) is 6.92 Å². The smallest absolute Gasteiger partial charge is 0.272 e. The van der Waals surface area contributed by atoms with E-state index >= 15 is 0 Å². The van der Waals surface area contributed by atoms with Crippen molar-refractivity contribution in [3.63, 3.8) is 0 Å². The van der Waals surface area contributed by atoms with E-state index in [2.05, 4.69) is 10.3 Å². The van der Waals surface area contributed by atoms with Gasteiger partial charge in [-0.05, 0) is 25.0 Å². The molecule has 1 aromatic heterocycles. The van der Waals surface area contributed by atoms with Crippen molar-refractivity contribution in [3.05, 3.63) is 29.0 Å². The molecule has 1 unspecified atom stereocenters. The van der Waals surface area contributed by atoms with Crippen LogP contribution in [0.4, 0.5) is 0 Å². The van der Waals surface area contributed by atoms with Crippen LogP contribution in [0.5, 0.6) is 0 Å². The number of hydrogen-bond acceptors (Lipinski definition) is 3. The van der Waals surface area contributed by atoms with Crippen LogP contribution in [0.15, 0.2) is 18.2 Å². The number of nitrogens with one attached hydrogen (secondary N) is 1. The Hall–Kier alpha value is -1.62. The van der Waals surface area contributed by atoms with Crippen LogP contribution in [0, 0.1) is 0 Å². The molecule has 2 heterocycles. The second-order valence-electron chi connectivity index (χ2n) is 4.64. The molecule has 0 spiro atoms. The fraction of sp³-hybridized carbons (Fsp3) is 0.462. The zero-order valence-corrected chi connectivity index (χ0v) is 11.5. The summed E-state index contributed by atoms with van der Waals surface area (Å²) >= 11 is 5.79. The highest BCUT2D eigenvalue weighted by Gasteiger charge is 2.25. The molecule has 0 bridgehead atoms. The molecule has 1 atom stereocenters. The molecule has 19 heavy (non-hydrogen) atoms. The average molecular weight is 282 g/mol. The molecule has 0 aromatic carbocycles. The second-order valence-corrected chi connectivity index (χ2v) is 5.02. The van der Waals surface area contributed by atoms with Crippen LogP contribution in [-0.2, 0) is 4.79 Å². The van der Waals surface area contributed by atoms with Gasteiger partial charge in [-0.15, -0.1) is 0 Å². The Kier molecular flexibility index (Phi) is 4.37. The molecule has 1 aromatic rings. The Balaban J connectivity index is 2.04. The number of aromatic nitrogens is 1. The SMILES string of the molecule is CC(=O)NC1CCCN(C(=O)c2cccc(Cl)n2)C1. The van der Waals surface area contributed by atoms with Gasteiger partial charge in [-0.3, -0.25) is 9.59 Å². The first-order valence-electron chi connectivity index (χ1n) is 6.25. The molecule has 102 valence electrons. The lowest BCUT2D eigenvalue weighted by Crippen LogP contribution is -2.49. The lowest BCUT2D eigenvalue weighted by atomic mass is 10.1. The Bertz CT molecular complexity index is 493. The maximum atomic E-state index is 12.3. The Morgan fingerprint density at radius 1 is 1.47 bits per heavy atom. The van der Waals surface area contributed by atoms with Gasteiger partial charge in [0.1, 0.15) is 10.8 Å². The fourth-order valence-corrected chi connectivity index (χ4v) is 2.42. The molecule has 5 nitrogen and oxygen atoms in total. The van der Waals surface area contributed by atoms with Gasteiger partial charge in [0, 0.05) is 26.1 Å². The van der Waals surface area contributed by atoms with Crippen LogP contribution in [0.2, 0.25) is 5.15 Å². The van der Waals surface area contributed by atoms with Gasteiger partial charge in [-0.1, -0.05) is 17.7 Å². The Morgan fingerprint density at radius 2 is 2.26 bits per heavy atom. The normalized spacial score (nSPS) is 19.1. The van der Waals surface area contributed by atoms with Gasteiger partial charge in [0.25, 0.3) is 5.91 Å². The van der Waals surface area contributed by atoms with E-state index in [0.29, 0.717) is 23.9 Å². The third-order valence-electron chi connectivity index (χ3n) is 3.05. The number of hydrogen-bond donors (Lipinski definition) is 1. The molecule has 1 saturated heterocycles. The van der Waals surface area contributed by atoms with E-state index in [4.69, 9.17) is 11.6 Å². The summed E-state index contributed by atoms with van der Waals surface area (Å²) in [5.41, 5.74) is 0.343. The number of carbonyl (C=O) groups is 2. The summed E-state index contributed by atoms with van der Waals surface area (Å²) in [6, 6.07) is 5.01. The van der Waals surface area contributed by atoms with E-state index in [1.807, 2.05) is 0 Å². The molecule has 2 amide bonds. The summed E-state index contributed by atoms with van der Waals surface area (Å²) in [6.45, 7) is 2.69. The summed E-state index contributed by atoms with van der Waals surface area (Å²) in [7, 11) is 0. The van der Waals surface area contributed by atoms with Crippen LogP contribution in [0.1, 0.15) is 30.3 Å². The predicted molar refractivity (Wildman–Crippen MR) is 72.0 cm³/mol. The number of likely N-dealkylation sites (tertiary alicyclic amines) is 1. The largest absolute Gasteiger partial charge is 0.352 e. The average Bonchev–Trinajstić information content (AvgIpc) is 2.37. The molecule has 6 heteroatoms. The van der Waals surface area contributed by atoms with Crippen molar-refractivity contribution in [2.75, 3.05) is 13.1 Å². The molecular formula is C13H16ClN3O2. The topological polar surface area (TPSA) is 62.3 Å². The van der Waals surface area contributed by atoms with Gasteiger partial charge in [0.15, 0.2) is 0 Å². The third-order valence-corrected chi connectivity index (χ3v) is 3.26. The molecule has 1 fully saturated rings. The fourth-order valence-electron chi connectivity index (χ4n) is 2.26. The van der Waals surface area contributed by atoms with Crippen molar-refractivity contribution < 1.29 is 9.59 Å². The molecule has 1 aliphatic heterocycles. The minimum atomic E-state index is -0.141. The highest BCUT2D eigenvalue weighted by atomic mass is 35.5. The standard InChI is InChI=1S/C13H16ClN3O2/c1-9(18)15-10-4-3-7-17(8-10)13(19)11-5-2-6-12(14)16-11/h2,5-6,10H,3-4,7-8H2,1H3,(H,15,18). The van der Waals surface area contributed by atoms with Crippen LogP contribution in [0.25, 0.3) is 0 Å². The number of carbonyl (C=O) groups excluding carboxylic acids is 2. The van der Waals surface area contributed by atoms with E-state index in [-0.39, 0.29) is 17.9 Å². The van der Waals surface area contributed by atoms with E-state index < -0.39 is 0 Å². The summed E-state index contributed by atoms with van der Waals surface area (Å²) in [5.74, 6) is -0.210. The zero-order valence-electron chi connectivity index (χ0n) is 10.7. The van der Waals surface area contributed by atoms with Crippen molar-refractivity contribution in [3.8, 4) is 0 Å². The van der Waals surface area contributed by atoms with E-state index in [9.17, 15) is 9.59 Å². The number of piperidine rings is 1. The van der Waals surface area contributed by atoms with Crippen molar-refractivity contribution >= 4 is 23.4 Å². The van der Waals surface area contributed by atoms with Crippen molar-refractivity contribution in [1.82, 2.24) is 15.2 Å². The molecule has 1 N–H and O–H groups in total. The van der Waals surface area contributed by atoms with Crippen LogP contribution < -0.4 is 5.32 Å². The number of rotatable bonds is 2. The molecule has 1 aliphatic rings. The predicted octanol–water partition coefficient (Wildman–Crippen LogP) is 1.48. The number of nitrogens with zero attached hydrogens (tertiary/aromatic N) is 2. The molecule has 0 saturated carbocycles. The van der Waals surface area contributed by atoms with E-state index in [0.717, 1.165) is 12.8 Å². The minimum Gasteiger partial charge on any atom is -0.352 e. The molecule has 0 radical (unpaired) electrons. The first kappa shape index (κ1) is 13.8. The van der Waals surface area contributed by atoms with Crippen LogP contribution in [0.3, 0.4) is 0 Å². The van der Waals surface area contributed by atoms with Gasteiger partial charge in [0.2, 0.25) is 5.91 Å². The lowest BCUT2D eigenvalue weighted by Gasteiger charge is -2.32.